The Kier molecular flexibility index (Phi) is 4.63. The summed E-state index contributed by atoms with van der Waals surface area (Å²) in [6, 6.07) is 0. The number of rotatable bonds is 3. The predicted molar refractivity (Wildman–Crippen MR) is 97.8 cm³/mol. The van der Waals surface area contributed by atoms with Crippen LogP contribution in [0.4, 0.5) is 10.9 Å². The van der Waals surface area contributed by atoms with Crippen molar-refractivity contribution in [3.63, 3.8) is 0 Å². The Labute approximate surface area is 151 Å². The minimum Gasteiger partial charge on any atom is -0.355 e. The molecule has 2 aromatic heterocycles. The Morgan fingerprint density at radius 3 is 3.12 bits per heavy atom. The Morgan fingerprint density at radius 2 is 2.28 bits per heavy atom. The first-order valence-electron chi connectivity index (χ1n) is 8.68. The third kappa shape index (κ3) is 3.64. The number of hydrogen-bond acceptors (Lipinski definition) is 7. The molecule has 0 aliphatic carbocycles. The second-order valence-electron chi connectivity index (χ2n) is 6.71. The Hall–Kier alpha value is -2.06. The number of anilines is 2. The SMILES string of the molecule is CN1CCc2nc(NC(=O)[C@H]3CCCN(c4cnccn4)C3)sc2C1. The Morgan fingerprint density at radius 1 is 1.36 bits per heavy atom. The lowest BCUT2D eigenvalue weighted by atomic mass is 9.97. The van der Waals surface area contributed by atoms with Gasteiger partial charge in [-0.2, -0.15) is 0 Å². The van der Waals surface area contributed by atoms with Crippen LogP contribution in [0.3, 0.4) is 0 Å². The summed E-state index contributed by atoms with van der Waals surface area (Å²) in [6.07, 6.45) is 7.95. The van der Waals surface area contributed by atoms with Crippen LogP contribution in [0.15, 0.2) is 18.6 Å². The van der Waals surface area contributed by atoms with Gasteiger partial charge < -0.3 is 15.1 Å². The molecule has 1 amide bonds. The third-order valence-electron chi connectivity index (χ3n) is 4.82. The summed E-state index contributed by atoms with van der Waals surface area (Å²) in [4.78, 5) is 31.5. The molecule has 0 radical (unpaired) electrons. The van der Waals surface area contributed by atoms with Crippen LogP contribution in [-0.4, -0.2) is 52.4 Å². The highest BCUT2D eigenvalue weighted by Gasteiger charge is 2.28. The summed E-state index contributed by atoms with van der Waals surface area (Å²) in [5, 5.41) is 3.78. The molecule has 1 saturated heterocycles. The number of aromatic nitrogens is 3. The van der Waals surface area contributed by atoms with Crippen molar-refractivity contribution in [2.24, 2.45) is 5.92 Å². The first kappa shape index (κ1) is 16.4. The second kappa shape index (κ2) is 7.05. The molecule has 4 heterocycles. The van der Waals surface area contributed by atoms with Crippen molar-refractivity contribution in [2.45, 2.75) is 25.8 Å². The molecule has 25 heavy (non-hydrogen) atoms. The minimum atomic E-state index is -0.0423. The summed E-state index contributed by atoms with van der Waals surface area (Å²) < 4.78 is 0. The van der Waals surface area contributed by atoms with Crippen LogP contribution in [0.5, 0.6) is 0 Å². The zero-order chi connectivity index (χ0) is 17.2. The molecule has 1 fully saturated rings. The van der Waals surface area contributed by atoms with E-state index < -0.39 is 0 Å². The number of amides is 1. The molecule has 1 atom stereocenters. The van der Waals surface area contributed by atoms with E-state index in [1.807, 2.05) is 0 Å². The van der Waals surface area contributed by atoms with Crippen LogP contribution < -0.4 is 10.2 Å². The summed E-state index contributed by atoms with van der Waals surface area (Å²) in [5.41, 5.74) is 1.14. The maximum absolute atomic E-state index is 12.7. The van der Waals surface area contributed by atoms with E-state index in [-0.39, 0.29) is 11.8 Å². The van der Waals surface area contributed by atoms with Gasteiger partial charge in [-0.1, -0.05) is 0 Å². The zero-order valence-electron chi connectivity index (χ0n) is 14.3. The normalized spacial score (nSPS) is 21.0. The number of nitrogens with zero attached hydrogens (tertiary/aromatic N) is 5. The van der Waals surface area contributed by atoms with Gasteiger partial charge in [-0.3, -0.25) is 9.78 Å². The molecule has 2 aliphatic heterocycles. The average Bonchev–Trinajstić information content (AvgIpc) is 3.04. The van der Waals surface area contributed by atoms with Gasteiger partial charge >= 0.3 is 0 Å². The predicted octanol–water partition coefficient (Wildman–Crippen LogP) is 1.78. The molecular formula is C17H22N6OS. The highest BCUT2D eigenvalue weighted by molar-refractivity contribution is 7.15. The van der Waals surface area contributed by atoms with Gasteiger partial charge in [0.15, 0.2) is 5.13 Å². The van der Waals surface area contributed by atoms with E-state index in [9.17, 15) is 4.79 Å². The van der Waals surface area contributed by atoms with Gasteiger partial charge in [-0.25, -0.2) is 9.97 Å². The number of carbonyl (C=O) groups excluding carboxylic acids is 1. The first-order valence-corrected chi connectivity index (χ1v) is 9.49. The summed E-state index contributed by atoms with van der Waals surface area (Å²) in [6.45, 7) is 3.55. The number of nitrogens with one attached hydrogen (secondary N) is 1. The van der Waals surface area contributed by atoms with E-state index in [1.54, 1.807) is 29.9 Å². The van der Waals surface area contributed by atoms with Gasteiger partial charge in [0.05, 0.1) is 17.8 Å². The molecule has 8 heteroatoms. The van der Waals surface area contributed by atoms with E-state index in [0.29, 0.717) is 6.54 Å². The van der Waals surface area contributed by atoms with Crippen molar-refractivity contribution in [1.82, 2.24) is 19.9 Å². The van der Waals surface area contributed by atoms with Crippen molar-refractivity contribution in [1.29, 1.82) is 0 Å². The van der Waals surface area contributed by atoms with Crippen molar-refractivity contribution < 1.29 is 4.79 Å². The van der Waals surface area contributed by atoms with Crippen LogP contribution in [0.1, 0.15) is 23.4 Å². The van der Waals surface area contributed by atoms with Gasteiger partial charge in [0.1, 0.15) is 5.82 Å². The van der Waals surface area contributed by atoms with Crippen molar-refractivity contribution in [3.05, 3.63) is 29.2 Å². The molecule has 0 bridgehead atoms. The lowest BCUT2D eigenvalue weighted by Gasteiger charge is -2.32. The van der Waals surface area contributed by atoms with E-state index >= 15 is 0 Å². The molecule has 0 saturated carbocycles. The van der Waals surface area contributed by atoms with E-state index in [2.05, 4.69) is 37.1 Å². The number of likely N-dealkylation sites (N-methyl/N-ethyl adjacent to an activating group) is 1. The maximum atomic E-state index is 12.7. The molecule has 2 aliphatic rings. The number of fused-ring (bicyclic) bond motifs is 1. The lowest BCUT2D eigenvalue weighted by Crippen LogP contribution is -2.41. The molecule has 2 aromatic rings. The molecule has 0 spiro atoms. The zero-order valence-corrected chi connectivity index (χ0v) is 15.1. The fraction of sp³-hybridized carbons (Fsp3) is 0.529. The quantitative estimate of drug-likeness (QED) is 0.901. The standard InChI is InChI=1S/C17H22N6OS/c1-22-8-4-13-14(11-22)25-17(20-13)21-16(24)12-3-2-7-23(10-12)15-9-18-5-6-19-15/h5-6,9,12H,2-4,7-8,10-11H2,1H3,(H,20,21,24)/t12-/m0/s1. The average molecular weight is 358 g/mol. The Bertz CT molecular complexity index is 749. The monoisotopic (exact) mass is 358 g/mol. The molecule has 4 rings (SSSR count). The lowest BCUT2D eigenvalue weighted by molar-refractivity contribution is -0.120. The van der Waals surface area contributed by atoms with Crippen LogP contribution in [0.25, 0.3) is 0 Å². The van der Waals surface area contributed by atoms with Crippen LogP contribution in [-0.2, 0) is 17.8 Å². The molecule has 7 nitrogen and oxygen atoms in total. The third-order valence-corrected chi connectivity index (χ3v) is 5.82. The highest BCUT2D eigenvalue weighted by Crippen LogP contribution is 2.29. The van der Waals surface area contributed by atoms with Gasteiger partial charge in [0.2, 0.25) is 5.91 Å². The minimum absolute atomic E-state index is 0.0423. The summed E-state index contributed by atoms with van der Waals surface area (Å²) >= 11 is 1.61. The summed E-state index contributed by atoms with van der Waals surface area (Å²) in [7, 11) is 2.12. The van der Waals surface area contributed by atoms with Gasteiger partial charge in [0.25, 0.3) is 0 Å². The molecule has 0 aromatic carbocycles. The molecule has 1 N–H and O–H groups in total. The number of hydrogen-bond donors (Lipinski definition) is 1. The van der Waals surface area contributed by atoms with Gasteiger partial charge in [0, 0.05) is 49.9 Å². The number of piperidine rings is 1. The van der Waals surface area contributed by atoms with Crippen LogP contribution >= 0.6 is 11.3 Å². The number of thiazole rings is 1. The number of carbonyl (C=O) groups is 1. The first-order chi connectivity index (χ1) is 12.2. The topological polar surface area (TPSA) is 74.2 Å². The smallest absolute Gasteiger partial charge is 0.231 e. The molecule has 0 unspecified atom stereocenters. The Balaban J connectivity index is 1.41. The largest absolute Gasteiger partial charge is 0.355 e. The second-order valence-corrected chi connectivity index (χ2v) is 7.80. The van der Waals surface area contributed by atoms with Crippen molar-refractivity contribution in [2.75, 3.05) is 36.9 Å². The van der Waals surface area contributed by atoms with Crippen molar-refractivity contribution >= 4 is 28.2 Å². The fourth-order valence-electron chi connectivity index (χ4n) is 3.44. The van der Waals surface area contributed by atoms with E-state index in [1.165, 1.54) is 4.88 Å². The van der Waals surface area contributed by atoms with Gasteiger partial charge in [-0.15, -0.1) is 11.3 Å². The van der Waals surface area contributed by atoms with E-state index in [0.717, 1.165) is 55.5 Å². The van der Waals surface area contributed by atoms with Gasteiger partial charge in [-0.05, 0) is 19.9 Å². The van der Waals surface area contributed by atoms with E-state index in [4.69, 9.17) is 0 Å². The van der Waals surface area contributed by atoms with Crippen LogP contribution in [0, 0.1) is 5.92 Å². The molecule has 132 valence electrons. The van der Waals surface area contributed by atoms with Crippen molar-refractivity contribution in [3.8, 4) is 0 Å². The maximum Gasteiger partial charge on any atom is 0.231 e. The fourth-order valence-corrected chi connectivity index (χ4v) is 4.53. The summed E-state index contributed by atoms with van der Waals surface area (Å²) in [5.74, 6) is 0.861. The molecular weight excluding hydrogens is 336 g/mol. The van der Waals surface area contributed by atoms with Crippen LogP contribution in [0.2, 0.25) is 0 Å². The highest BCUT2D eigenvalue weighted by atomic mass is 32.1.